The lowest BCUT2D eigenvalue weighted by Gasteiger charge is -2.32. The van der Waals surface area contributed by atoms with Crippen molar-refractivity contribution in [1.82, 2.24) is 29.4 Å². The van der Waals surface area contributed by atoms with E-state index < -0.39 is 0 Å². The summed E-state index contributed by atoms with van der Waals surface area (Å²) in [6.07, 6.45) is 7.10. The number of piperidine rings is 1. The van der Waals surface area contributed by atoms with Gasteiger partial charge in [-0.25, -0.2) is 9.67 Å². The van der Waals surface area contributed by atoms with Crippen LogP contribution in [0, 0.1) is 0 Å². The van der Waals surface area contributed by atoms with Crippen molar-refractivity contribution in [3.05, 3.63) is 30.6 Å². The Bertz CT molecular complexity index is 603. The summed E-state index contributed by atoms with van der Waals surface area (Å²) in [5.74, 6) is -0.000727. The van der Waals surface area contributed by atoms with E-state index in [0.717, 1.165) is 19.4 Å². The van der Waals surface area contributed by atoms with Gasteiger partial charge in [0, 0.05) is 25.3 Å². The molecule has 0 spiro atoms. The minimum Gasteiger partial charge on any atom is -0.335 e. The van der Waals surface area contributed by atoms with Gasteiger partial charge in [0.15, 0.2) is 0 Å². The van der Waals surface area contributed by atoms with Crippen LogP contribution in [0.4, 0.5) is 0 Å². The van der Waals surface area contributed by atoms with Crippen LogP contribution in [0.3, 0.4) is 0 Å². The SMILES string of the molecule is CC(C)n1ccc(C(=O)N2CCC[C@@H](n3cncn3)C2)n1. The number of nitrogens with zero attached hydrogens (tertiary/aromatic N) is 6. The molecule has 0 saturated carbocycles. The average Bonchev–Trinajstić information content (AvgIpc) is 3.18. The molecule has 0 unspecified atom stereocenters. The number of hydrogen-bond donors (Lipinski definition) is 0. The van der Waals surface area contributed by atoms with Crippen molar-refractivity contribution in [2.75, 3.05) is 13.1 Å². The highest BCUT2D eigenvalue weighted by Crippen LogP contribution is 2.21. The molecule has 1 saturated heterocycles. The van der Waals surface area contributed by atoms with Gasteiger partial charge in [0.2, 0.25) is 0 Å². The van der Waals surface area contributed by atoms with Gasteiger partial charge in [-0.2, -0.15) is 10.2 Å². The van der Waals surface area contributed by atoms with Crippen LogP contribution in [-0.2, 0) is 0 Å². The average molecular weight is 288 g/mol. The van der Waals surface area contributed by atoms with Gasteiger partial charge in [-0.15, -0.1) is 0 Å². The van der Waals surface area contributed by atoms with Crippen LogP contribution < -0.4 is 0 Å². The van der Waals surface area contributed by atoms with Crippen LogP contribution >= 0.6 is 0 Å². The summed E-state index contributed by atoms with van der Waals surface area (Å²) in [7, 11) is 0. The third kappa shape index (κ3) is 2.81. The zero-order valence-corrected chi connectivity index (χ0v) is 12.4. The van der Waals surface area contributed by atoms with E-state index in [1.54, 1.807) is 12.4 Å². The third-order valence-electron chi connectivity index (χ3n) is 3.85. The quantitative estimate of drug-likeness (QED) is 0.859. The zero-order valence-electron chi connectivity index (χ0n) is 12.4. The Balaban J connectivity index is 1.71. The van der Waals surface area contributed by atoms with Gasteiger partial charge in [-0.3, -0.25) is 9.48 Å². The maximum atomic E-state index is 12.6. The summed E-state index contributed by atoms with van der Waals surface area (Å²) in [5, 5.41) is 8.54. The van der Waals surface area contributed by atoms with E-state index in [0.29, 0.717) is 12.2 Å². The first-order valence-electron chi connectivity index (χ1n) is 7.33. The summed E-state index contributed by atoms with van der Waals surface area (Å²) in [6.45, 7) is 5.53. The number of carbonyl (C=O) groups excluding carboxylic acids is 1. The lowest BCUT2D eigenvalue weighted by atomic mass is 10.1. The molecule has 2 aromatic rings. The van der Waals surface area contributed by atoms with Gasteiger partial charge >= 0.3 is 0 Å². The van der Waals surface area contributed by atoms with Crippen molar-refractivity contribution < 1.29 is 4.79 Å². The first-order valence-corrected chi connectivity index (χ1v) is 7.33. The fraction of sp³-hybridized carbons (Fsp3) is 0.571. The van der Waals surface area contributed by atoms with Crippen LogP contribution in [0.1, 0.15) is 49.3 Å². The number of aromatic nitrogens is 5. The molecule has 1 amide bonds. The topological polar surface area (TPSA) is 68.8 Å². The van der Waals surface area contributed by atoms with Crippen molar-refractivity contribution in [1.29, 1.82) is 0 Å². The number of amides is 1. The molecule has 21 heavy (non-hydrogen) atoms. The number of hydrogen-bond acceptors (Lipinski definition) is 4. The van der Waals surface area contributed by atoms with Crippen LogP contribution in [0.5, 0.6) is 0 Å². The molecule has 7 nitrogen and oxygen atoms in total. The summed E-state index contributed by atoms with van der Waals surface area (Å²) in [4.78, 5) is 18.4. The molecule has 1 aliphatic heterocycles. The van der Waals surface area contributed by atoms with Crippen molar-refractivity contribution in [3.63, 3.8) is 0 Å². The van der Waals surface area contributed by atoms with E-state index in [-0.39, 0.29) is 18.0 Å². The van der Waals surface area contributed by atoms with E-state index in [2.05, 4.69) is 15.2 Å². The molecule has 3 rings (SSSR count). The smallest absolute Gasteiger partial charge is 0.274 e. The maximum Gasteiger partial charge on any atom is 0.274 e. The van der Waals surface area contributed by atoms with Crippen molar-refractivity contribution in [2.24, 2.45) is 0 Å². The molecular formula is C14H20N6O. The molecule has 7 heteroatoms. The van der Waals surface area contributed by atoms with Gasteiger partial charge in [-0.05, 0) is 32.8 Å². The van der Waals surface area contributed by atoms with Crippen LogP contribution in [0.15, 0.2) is 24.9 Å². The normalized spacial score (nSPS) is 19.2. The minimum absolute atomic E-state index is 0.000727. The standard InChI is InChI=1S/C14H20N6O/c1-11(2)19-7-5-13(17-19)14(21)18-6-3-4-12(8-18)20-10-15-9-16-20/h5,7,9-12H,3-4,6,8H2,1-2H3/t12-/m1/s1. The maximum absolute atomic E-state index is 12.6. The second-order valence-electron chi connectivity index (χ2n) is 5.70. The van der Waals surface area contributed by atoms with Crippen molar-refractivity contribution in [2.45, 2.75) is 38.8 Å². The van der Waals surface area contributed by atoms with Crippen molar-refractivity contribution in [3.8, 4) is 0 Å². The number of carbonyl (C=O) groups is 1. The van der Waals surface area contributed by atoms with Gasteiger partial charge in [0.1, 0.15) is 18.3 Å². The predicted octanol–water partition coefficient (Wildman–Crippen LogP) is 1.53. The lowest BCUT2D eigenvalue weighted by Crippen LogP contribution is -2.41. The summed E-state index contributed by atoms with van der Waals surface area (Å²) >= 11 is 0. The molecule has 2 aromatic heterocycles. The predicted molar refractivity (Wildman–Crippen MR) is 76.8 cm³/mol. The van der Waals surface area contributed by atoms with Gasteiger partial charge < -0.3 is 4.90 Å². The highest BCUT2D eigenvalue weighted by atomic mass is 16.2. The van der Waals surface area contributed by atoms with E-state index in [1.807, 2.05) is 34.3 Å². The Morgan fingerprint density at radius 2 is 2.29 bits per heavy atom. The lowest BCUT2D eigenvalue weighted by molar-refractivity contribution is 0.0665. The second-order valence-corrected chi connectivity index (χ2v) is 5.70. The first kappa shape index (κ1) is 13.8. The van der Waals surface area contributed by atoms with Gasteiger partial charge in [0.25, 0.3) is 5.91 Å². The molecule has 112 valence electrons. The summed E-state index contributed by atoms with van der Waals surface area (Å²) in [6, 6.07) is 2.26. The van der Waals surface area contributed by atoms with E-state index in [1.165, 1.54) is 6.33 Å². The summed E-state index contributed by atoms with van der Waals surface area (Å²) in [5.41, 5.74) is 0.517. The van der Waals surface area contributed by atoms with Crippen LogP contribution in [-0.4, -0.2) is 48.4 Å². The number of rotatable bonds is 3. The Morgan fingerprint density at radius 1 is 1.43 bits per heavy atom. The zero-order chi connectivity index (χ0) is 14.8. The van der Waals surface area contributed by atoms with Gasteiger partial charge in [-0.1, -0.05) is 0 Å². The highest BCUT2D eigenvalue weighted by molar-refractivity contribution is 5.92. The largest absolute Gasteiger partial charge is 0.335 e. The molecule has 0 bridgehead atoms. The fourth-order valence-corrected chi connectivity index (χ4v) is 2.66. The van der Waals surface area contributed by atoms with Gasteiger partial charge in [0.05, 0.1) is 6.04 Å². The molecule has 0 aliphatic carbocycles. The Kier molecular flexibility index (Phi) is 3.72. The molecule has 1 atom stereocenters. The molecule has 3 heterocycles. The van der Waals surface area contributed by atoms with E-state index in [4.69, 9.17) is 0 Å². The first-order chi connectivity index (χ1) is 10.1. The van der Waals surface area contributed by atoms with E-state index in [9.17, 15) is 4.79 Å². The highest BCUT2D eigenvalue weighted by Gasteiger charge is 2.27. The Morgan fingerprint density at radius 3 is 2.95 bits per heavy atom. The van der Waals surface area contributed by atoms with Crippen LogP contribution in [0.2, 0.25) is 0 Å². The monoisotopic (exact) mass is 288 g/mol. The molecule has 0 aromatic carbocycles. The van der Waals surface area contributed by atoms with Crippen molar-refractivity contribution >= 4 is 5.91 Å². The molecule has 0 radical (unpaired) electrons. The molecule has 1 aliphatic rings. The second kappa shape index (κ2) is 5.67. The Labute approximate surface area is 123 Å². The van der Waals surface area contributed by atoms with E-state index >= 15 is 0 Å². The van der Waals surface area contributed by atoms with Crippen LogP contribution in [0.25, 0.3) is 0 Å². The minimum atomic E-state index is -0.000727. The Hall–Kier alpha value is -2.18. The summed E-state index contributed by atoms with van der Waals surface area (Å²) < 4.78 is 3.65. The number of likely N-dealkylation sites (tertiary alicyclic amines) is 1. The fourth-order valence-electron chi connectivity index (χ4n) is 2.66. The molecule has 0 N–H and O–H groups in total. The molecule has 1 fully saturated rings. The molecular weight excluding hydrogens is 268 g/mol. The third-order valence-corrected chi connectivity index (χ3v) is 3.85.